The number of hydrazine groups is 1. The summed E-state index contributed by atoms with van der Waals surface area (Å²) in [5.74, 6) is -0.453. The number of aromatic hydroxyl groups is 1. The summed E-state index contributed by atoms with van der Waals surface area (Å²) < 4.78 is 0. The Morgan fingerprint density at radius 3 is 2.69 bits per heavy atom. The third-order valence-electron chi connectivity index (χ3n) is 4.95. The fourth-order valence-corrected chi connectivity index (χ4v) is 3.45. The number of nitrogens with one attached hydrogen (secondary N) is 2. The Kier molecular flexibility index (Phi) is 6.14. The number of amides is 2. The summed E-state index contributed by atoms with van der Waals surface area (Å²) in [6.07, 6.45) is 3.29. The van der Waals surface area contributed by atoms with E-state index in [0.717, 1.165) is 36.6 Å². The number of anilines is 1. The standard InChI is InChI=1S/C20H21N5O3.ClH/c1-12-9-18(27)25(19(12)28)24-20-22-15(13-5-4-8-21-11-13)10-16(23-20)14-6-2-3-7-17(14)26;/h2-3,6-7,9-10,13,21,26H,4-5,8,11H2,1H3,(H,22,23,24);1H. The summed E-state index contributed by atoms with van der Waals surface area (Å²) in [5, 5.41) is 14.5. The second kappa shape index (κ2) is 8.59. The van der Waals surface area contributed by atoms with E-state index in [2.05, 4.69) is 20.7 Å². The SMILES string of the molecule is CC1=CC(=O)N(Nc2nc(-c3ccccc3O)cc(C3CCCNC3)n2)C1=O.Cl. The average Bonchev–Trinajstić information content (AvgIpc) is 2.95. The number of para-hydroxylation sites is 1. The van der Waals surface area contributed by atoms with Gasteiger partial charge in [-0.1, -0.05) is 12.1 Å². The van der Waals surface area contributed by atoms with Crippen molar-refractivity contribution in [2.75, 3.05) is 18.5 Å². The molecule has 0 spiro atoms. The van der Waals surface area contributed by atoms with E-state index in [1.54, 1.807) is 25.1 Å². The highest BCUT2D eigenvalue weighted by Crippen LogP contribution is 2.31. The smallest absolute Gasteiger partial charge is 0.275 e. The zero-order valence-electron chi connectivity index (χ0n) is 15.9. The van der Waals surface area contributed by atoms with Gasteiger partial charge in [0.1, 0.15) is 5.75 Å². The van der Waals surface area contributed by atoms with Crippen molar-refractivity contribution in [3.05, 3.63) is 47.7 Å². The van der Waals surface area contributed by atoms with Gasteiger partial charge in [0.25, 0.3) is 11.8 Å². The maximum absolute atomic E-state index is 12.2. The van der Waals surface area contributed by atoms with Gasteiger partial charge in [0, 0.05) is 29.7 Å². The highest BCUT2D eigenvalue weighted by molar-refractivity contribution is 6.16. The van der Waals surface area contributed by atoms with Crippen molar-refractivity contribution in [2.24, 2.45) is 0 Å². The molecule has 1 unspecified atom stereocenters. The van der Waals surface area contributed by atoms with Crippen LogP contribution >= 0.6 is 12.4 Å². The summed E-state index contributed by atoms with van der Waals surface area (Å²) >= 11 is 0. The molecule has 152 valence electrons. The zero-order chi connectivity index (χ0) is 19.7. The number of carbonyl (C=O) groups excluding carboxylic acids is 2. The lowest BCUT2D eigenvalue weighted by atomic mass is 9.95. The van der Waals surface area contributed by atoms with Crippen molar-refractivity contribution in [2.45, 2.75) is 25.7 Å². The van der Waals surface area contributed by atoms with E-state index in [-0.39, 0.29) is 30.0 Å². The van der Waals surface area contributed by atoms with Gasteiger partial charge >= 0.3 is 0 Å². The van der Waals surface area contributed by atoms with Crippen molar-refractivity contribution in [3.63, 3.8) is 0 Å². The van der Waals surface area contributed by atoms with Crippen LogP contribution in [0.4, 0.5) is 5.95 Å². The van der Waals surface area contributed by atoms with Crippen LogP contribution in [-0.2, 0) is 9.59 Å². The van der Waals surface area contributed by atoms with Gasteiger partial charge in [-0.2, -0.15) is 5.01 Å². The monoisotopic (exact) mass is 415 g/mol. The Hall–Kier alpha value is -2.97. The number of imide groups is 1. The third-order valence-corrected chi connectivity index (χ3v) is 4.95. The van der Waals surface area contributed by atoms with E-state index >= 15 is 0 Å². The third kappa shape index (κ3) is 4.23. The van der Waals surface area contributed by atoms with E-state index in [0.29, 0.717) is 16.8 Å². The van der Waals surface area contributed by atoms with Gasteiger partial charge in [0.2, 0.25) is 5.95 Å². The first-order chi connectivity index (χ1) is 13.5. The van der Waals surface area contributed by atoms with Crippen LogP contribution in [0.2, 0.25) is 0 Å². The van der Waals surface area contributed by atoms with Gasteiger partial charge in [-0.3, -0.25) is 15.0 Å². The number of rotatable bonds is 4. The van der Waals surface area contributed by atoms with E-state index in [4.69, 9.17) is 0 Å². The fourth-order valence-electron chi connectivity index (χ4n) is 3.45. The number of phenolic OH excluding ortho intramolecular Hbond substituents is 1. The summed E-state index contributed by atoms with van der Waals surface area (Å²) in [7, 11) is 0. The molecule has 3 N–H and O–H groups in total. The van der Waals surface area contributed by atoms with Crippen molar-refractivity contribution in [3.8, 4) is 17.0 Å². The van der Waals surface area contributed by atoms with Crippen molar-refractivity contribution in [1.29, 1.82) is 0 Å². The number of hydrogen-bond donors (Lipinski definition) is 3. The molecule has 29 heavy (non-hydrogen) atoms. The van der Waals surface area contributed by atoms with Crippen LogP contribution in [-0.4, -0.2) is 45.0 Å². The van der Waals surface area contributed by atoms with Crippen LogP contribution in [0.1, 0.15) is 31.4 Å². The first kappa shape index (κ1) is 20.8. The molecule has 1 saturated heterocycles. The molecule has 0 aliphatic carbocycles. The number of halogens is 1. The summed E-state index contributed by atoms with van der Waals surface area (Å²) in [4.78, 5) is 33.2. The van der Waals surface area contributed by atoms with Gasteiger partial charge in [-0.25, -0.2) is 9.97 Å². The van der Waals surface area contributed by atoms with E-state index in [9.17, 15) is 14.7 Å². The van der Waals surface area contributed by atoms with E-state index < -0.39 is 11.8 Å². The molecule has 1 aromatic heterocycles. The highest BCUT2D eigenvalue weighted by Gasteiger charge is 2.30. The number of aromatic nitrogens is 2. The quantitative estimate of drug-likeness (QED) is 0.658. The van der Waals surface area contributed by atoms with Gasteiger partial charge in [0.15, 0.2) is 0 Å². The molecule has 3 heterocycles. The number of hydrogen-bond acceptors (Lipinski definition) is 7. The predicted molar refractivity (Wildman–Crippen MR) is 110 cm³/mol. The van der Waals surface area contributed by atoms with Gasteiger partial charge in [-0.05, 0) is 44.5 Å². The molecular formula is C20H22ClN5O3. The molecule has 1 aromatic carbocycles. The molecule has 2 aromatic rings. The second-order valence-corrected chi connectivity index (χ2v) is 6.98. The zero-order valence-corrected chi connectivity index (χ0v) is 16.7. The summed E-state index contributed by atoms with van der Waals surface area (Å²) in [6, 6.07) is 8.76. The maximum atomic E-state index is 12.2. The van der Waals surface area contributed by atoms with Crippen molar-refractivity contribution >= 4 is 30.2 Å². The highest BCUT2D eigenvalue weighted by atomic mass is 35.5. The lowest BCUT2D eigenvalue weighted by molar-refractivity contribution is -0.135. The van der Waals surface area contributed by atoms with Crippen LogP contribution in [0.3, 0.4) is 0 Å². The number of benzene rings is 1. The molecule has 9 heteroatoms. The molecular weight excluding hydrogens is 394 g/mol. The molecule has 1 atom stereocenters. The Morgan fingerprint density at radius 2 is 2.03 bits per heavy atom. The molecule has 8 nitrogen and oxygen atoms in total. The van der Waals surface area contributed by atoms with Crippen LogP contribution in [0.5, 0.6) is 5.75 Å². The van der Waals surface area contributed by atoms with Crippen molar-refractivity contribution in [1.82, 2.24) is 20.3 Å². The first-order valence-corrected chi connectivity index (χ1v) is 9.24. The summed E-state index contributed by atoms with van der Waals surface area (Å²) in [6.45, 7) is 3.35. The maximum Gasteiger partial charge on any atom is 0.275 e. The second-order valence-electron chi connectivity index (χ2n) is 6.98. The molecule has 2 aliphatic heterocycles. The molecule has 4 rings (SSSR count). The lowest BCUT2D eigenvalue weighted by Crippen LogP contribution is -2.37. The van der Waals surface area contributed by atoms with Crippen molar-refractivity contribution < 1.29 is 14.7 Å². The molecule has 2 amide bonds. The van der Waals surface area contributed by atoms with E-state index in [1.165, 1.54) is 6.08 Å². The van der Waals surface area contributed by atoms with Gasteiger partial charge in [-0.15, -0.1) is 12.4 Å². The van der Waals surface area contributed by atoms with E-state index in [1.807, 2.05) is 12.1 Å². The molecule has 1 fully saturated rings. The lowest BCUT2D eigenvalue weighted by Gasteiger charge is -2.24. The predicted octanol–water partition coefficient (Wildman–Crippen LogP) is 2.38. The number of phenols is 1. The summed E-state index contributed by atoms with van der Waals surface area (Å²) in [5.41, 5.74) is 4.98. The molecule has 0 bridgehead atoms. The van der Waals surface area contributed by atoms with Crippen LogP contribution in [0.25, 0.3) is 11.3 Å². The average molecular weight is 416 g/mol. The van der Waals surface area contributed by atoms with Crippen LogP contribution in [0, 0.1) is 0 Å². The number of nitrogens with zero attached hydrogens (tertiary/aromatic N) is 3. The molecule has 2 aliphatic rings. The van der Waals surface area contributed by atoms with Crippen LogP contribution in [0.15, 0.2) is 42.0 Å². The first-order valence-electron chi connectivity index (χ1n) is 9.24. The van der Waals surface area contributed by atoms with Gasteiger partial charge < -0.3 is 10.4 Å². The van der Waals surface area contributed by atoms with Crippen LogP contribution < -0.4 is 10.7 Å². The Morgan fingerprint density at radius 1 is 1.24 bits per heavy atom. The van der Waals surface area contributed by atoms with Gasteiger partial charge in [0.05, 0.1) is 11.4 Å². The fraction of sp³-hybridized carbons (Fsp3) is 0.300. The number of piperidine rings is 1. The minimum atomic E-state index is -0.458. The topological polar surface area (TPSA) is 107 Å². The minimum absolute atomic E-state index is 0. The Balaban J connectivity index is 0.00000240. The Bertz CT molecular complexity index is 972. The number of carbonyl (C=O) groups is 2. The largest absolute Gasteiger partial charge is 0.507 e. The molecule has 0 radical (unpaired) electrons. The minimum Gasteiger partial charge on any atom is -0.507 e. The normalized spacial score (nSPS) is 19.0. The molecule has 0 saturated carbocycles. The Labute approximate surface area is 174 Å².